The Kier molecular flexibility index (Phi) is 3.05. The molecule has 4 nitrogen and oxygen atoms in total. The van der Waals surface area contributed by atoms with Gasteiger partial charge in [-0.15, -0.1) is 0 Å². The van der Waals surface area contributed by atoms with E-state index < -0.39 is 0 Å². The van der Waals surface area contributed by atoms with Gasteiger partial charge in [0, 0.05) is 6.92 Å². The van der Waals surface area contributed by atoms with Crippen molar-refractivity contribution in [2.24, 2.45) is 0 Å². The number of rotatable bonds is 3. The molecule has 0 N–H and O–H groups in total. The fourth-order valence-electron chi connectivity index (χ4n) is 1.19. The van der Waals surface area contributed by atoms with Gasteiger partial charge in [0.25, 0.3) is 5.82 Å². The molecule has 1 aromatic rings. The van der Waals surface area contributed by atoms with Crippen molar-refractivity contribution in [1.29, 1.82) is 10.5 Å². The number of nitriles is 2. The summed E-state index contributed by atoms with van der Waals surface area (Å²) in [5, 5.41) is 16.9. The Labute approximate surface area is 77.3 Å². The van der Waals surface area contributed by atoms with E-state index in [2.05, 4.69) is 12.1 Å². The zero-order valence-corrected chi connectivity index (χ0v) is 7.56. The summed E-state index contributed by atoms with van der Waals surface area (Å²) < 4.78 is 3.83. The van der Waals surface area contributed by atoms with Crippen molar-refractivity contribution in [2.45, 2.75) is 26.4 Å². The largest absolute Gasteiger partial charge is 0.254 e. The normalized spacial score (nSPS) is 9.15. The fraction of sp³-hybridized carbons (Fsp3) is 0.444. The Balaban J connectivity index is 2.76. The molecule has 0 saturated carbocycles. The van der Waals surface area contributed by atoms with Crippen LogP contribution in [0.2, 0.25) is 0 Å². The first-order chi connectivity index (χ1) is 6.29. The van der Waals surface area contributed by atoms with E-state index in [1.165, 1.54) is 0 Å². The van der Waals surface area contributed by atoms with Crippen molar-refractivity contribution in [3.05, 3.63) is 18.2 Å². The number of hydrogen-bond acceptors (Lipinski definition) is 2. The summed E-state index contributed by atoms with van der Waals surface area (Å²) in [5.74, 6) is 1.01. The van der Waals surface area contributed by atoms with Gasteiger partial charge in [-0.05, 0) is 0 Å². The highest BCUT2D eigenvalue weighted by atomic mass is 15.1. The number of nitrogens with zero attached hydrogens (tertiary/aromatic N) is 4. The Hall–Kier alpha value is -1.81. The third-order valence-corrected chi connectivity index (χ3v) is 1.96. The van der Waals surface area contributed by atoms with Gasteiger partial charge >= 0.3 is 0 Å². The third kappa shape index (κ3) is 2.07. The number of aromatic nitrogens is 2. The minimum atomic E-state index is 0.366. The molecule has 0 fully saturated rings. The second-order valence-electron chi connectivity index (χ2n) is 2.73. The molecule has 0 atom stereocenters. The highest BCUT2D eigenvalue weighted by molar-refractivity contribution is 4.85. The monoisotopic (exact) mass is 175 g/mol. The standard InChI is InChI=1S/C9H11N4/c1-9-12(5-2-3-10)7-8-13(9)6-4-11/h7-8H,2,5-6H2,1H3/q+1. The lowest BCUT2D eigenvalue weighted by molar-refractivity contribution is -0.701. The molecule has 0 amide bonds. The Morgan fingerprint density at radius 1 is 1.46 bits per heavy atom. The van der Waals surface area contributed by atoms with E-state index in [1.54, 1.807) is 0 Å². The van der Waals surface area contributed by atoms with Crippen LogP contribution in [0.3, 0.4) is 0 Å². The van der Waals surface area contributed by atoms with E-state index in [-0.39, 0.29) is 0 Å². The van der Waals surface area contributed by atoms with E-state index in [1.807, 2.05) is 28.5 Å². The molecule has 0 saturated heterocycles. The first kappa shape index (κ1) is 9.28. The van der Waals surface area contributed by atoms with Gasteiger partial charge in [-0.2, -0.15) is 10.5 Å². The van der Waals surface area contributed by atoms with Gasteiger partial charge < -0.3 is 0 Å². The van der Waals surface area contributed by atoms with Crippen molar-refractivity contribution >= 4 is 0 Å². The van der Waals surface area contributed by atoms with Gasteiger partial charge in [-0.25, -0.2) is 9.13 Å². The molecule has 1 rings (SSSR count). The van der Waals surface area contributed by atoms with Crippen molar-refractivity contribution in [3.63, 3.8) is 0 Å². The molecule has 0 spiro atoms. The number of imidazole rings is 1. The van der Waals surface area contributed by atoms with Crippen LogP contribution >= 0.6 is 0 Å². The Bertz CT molecular complexity index is 364. The van der Waals surface area contributed by atoms with E-state index in [4.69, 9.17) is 10.5 Å². The highest BCUT2D eigenvalue weighted by Gasteiger charge is 2.10. The minimum Gasteiger partial charge on any atom is -0.233 e. The molecule has 0 bridgehead atoms. The summed E-state index contributed by atoms with van der Waals surface area (Å²) in [4.78, 5) is 0. The van der Waals surface area contributed by atoms with Crippen LogP contribution in [0.25, 0.3) is 0 Å². The number of hydrogen-bond donors (Lipinski definition) is 0. The summed E-state index contributed by atoms with van der Waals surface area (Å²) in [6.07, 6.45) is 4.25. The van der Waals surface area contributed by atoms with Crippen molar-refractivity contribution < 1.29 is 4.57 Å². The van der Waals surface area contributed by atoms with E-state index in [9.17, 15) is 0 Å². The molecule has 0 unspecified atom stereocenters. The van der Waals surface area contributed by atoms with Crippen molar-refractivity contribution in [3.8, 4) is 12.1 Å². The molecule has 0 aliphatic heterocycles. The van der Waals surface area contributed by atoms with Crippen molar-refractivity contribution in [1.82, 2.24) is 4.57 Å². The average molecular weight is 175 g/mol. The zero-order valence-electron chi connectivity index (χ0n) is 7.56. The van der Waals surface area contributed by atoms with E-state index in [0.29, 0.717) is 19.5 Å². The first-order valence-corrected chi connectivity index (χ1v) is 4.08. The van der Waals surface area contributed by atoms with Gasteiger partial charge in [-0.1, -0.05) is 0 Å². The maximum atomic E-state index is 8.50. The molecule has 13 heavy (non-hydrogen) atoms. The van der Waals surface area contributed by atoms with Gasteiger partial charge in [0.2, 0.25) is 0 Å². The summed E-state index contributed by atoms with van der Waals surface area (Å²) in [5.41, 5.74) is 0. The lowest BCUT2D eigenvalue weighted by atomic mass is 10.4. The van der Waals surface area contributed by atoms with Crippen LogP contribution in [-0.4, -0.2) is 4.57 Å². The lowest BCUT2D eigenvalue weighted by Gasteiger charge is -1.94. The molecule has 0 aliphatic rings. The lowest BCUT2D eigenvalue weighted by Crippen LogP contribution is -2.35. The summed E-state index contributed by atoms with van der Waals surface area (Å²) in [6.45, 7) is 3.00. The second kappa shape index (κ2) is 4.27. The van der Waals surface area contributed by atoms with Crippen molar-refractivity contribution in [2.75, 3.05) is 0 Å². The van der Waals surface area contributed by atoms with Crippen LogP contribution in [0.1, 0.15) is 12.2 Å². The Morgan fingerprint density at radius 2 is 2.23 bits per heavy atom. The predicted octanol–water partition coefficient (Wildman–Crippen LogP) is 0.521. The van der Waals surface area contributed by atoms with Crippen LogP contribution in [0.15, 0.2) is 12.4 Å². The SMILES string of the molecule is Cc1n(CC#N)cc[n+]1CCC#N. The zero-order chi connectivity index (χ0) is 9.68. The van der Waals surface area contributed by atoms with Crippen LogP contribution in [0.4, 0.5) is 0 Å². The first-order valence-electron chi connectivity index (χ1n) is 4.08. The van der Waals surface area contributed by atoms with Crippen LogP contribution in [0, 0.1) is 29.6 Å². The topological polar surface area (TPSA) is 56.4 Å². The molecule has 0 aliphatic carbocycles. The molecule has 1 heterocycles. The molecule has 1 aromatic heterocycles. The highest BCUT2D eigenvalue weighted by Crippen LogP contribution is 1.93. The number of aryl methyl sites for hydroxylation is 1. The molecule has 66 valence electrons. The van der Waals surface area contributed by atoms with Gasteiger partial charge in [-0.3, -0.25) is 0 Å². The maximum Gasteiger partial charge on any atom is 0.254 e. The smallest absolute Gasteiger partial charge is 0.233 e. The molecule has 0 aromatic carbocycles. The minimum absolute atomic E-state index is 0.366. The fourth-order valence-corrected chi connectivity index (χ4v) is 1.19. The molecule has 0 radical (unpaired) electrons. The van der Waals surface area contributed by atoms with Gasteiger partial charge in [0.05, 0.1) is 12.5 Å². The van der Waals surface area contributed by atoms with E-state index in [0.717, 1.165) is 5.82 Å². The molecular formula is C9H11N4+. The molecule has 4 heteroatoms. The summed E-state index contributed by atoms with van der Waals surface area (Å²) >= 11 is 0. The quantitative estimate of drug-likeness (QED) is 0.629. The van der Waals surface area contributed by atoms with Crippen LogP contribution < -0.4 is 4.57 Å². The van der Waals surface area contributed by atoms with Gasteiger partial charge in [0.15, 0.2) is 6.54 Å². The summed E-state index contributed by atoms with van der Waals surface area (Å²) in [7, 11) is 0. The van der Waals surface area contributed by atoms with Gasteiger partial charge in [0.1, 0.15) is 25.0 Å². The van der Waals surface area contributed by atoms with Crippen LogP contribution in [0.5, 0.6) is 0 Å². The third-order valence-electron chi connectivity index (χ3n) is 1.96. The Morgan fingerprint density at radius 3 is 2.85 bits per heavy atom. The predicted molar refractivity (Wildman–Crippen MR) is 45.2 cm³/mol. The summed E-state index contributed by atoms with van der Waals surface area (Å²) in [6, 6.07) is 4.17. The van der Waals surface area contributed by atoms with Crippen LogP contribution in [-0.2, 0) is 13.1 Å². The van der Waals surface area contributed by atoms with E-state index >= 15 is 0 Å². The average Bonchev–Trinajstić information content (AvgIpc) is 2.46. The molecular weight excluding hydrogens is 164 g/mol. The second-order valence-corrected chi connectivity index (χ2v) is 2.73. The maximum absolute atomic E-state index is 8.50.